The van der Waals surface area contributed by atoms with Gasteiger partial charge in [-0.15, -0.1) is 0 Å². The average molecular weight is 326 g/mol. The van der Waals surface area contributed by atoms with Crippen molar-refractivity contribution < 1.29 is 4.79 Å². The van der Waals surface area contributed by atoms with E-state index in [0.717, 1.165) is 27.3 Å². The molecule has 0 radical (unpaired) electrons. The largest absolute Gasteiger partial charge is 0.357 e. The van der Waals surface area contributed by atoms with Crippen molar-refractivity contribution in [2.24, 2.45) is 0 Å². The lowest BCUT2D eigenvalue weighted by atomic mass is 10.2. The normalized spacial score (nSPS) is 10.7. The van der Waals surface area contributed by atoms with E-state index in [1.165, 1.54) is 0 Å². The van der Waals surface area contributed by atoms with E-state index in [4.69, 9.17) is 0 Å². The van der Waals surface area contributed by atoms with Gasteiger partial charge in [0.25, 0.3) is 5.91 Å². The van der Waals surface area contributed by atoms with Crippen molar-refractivity contribution in [3.63, 3.8) is 0 Å². The van der Waals surface area contributed by atoms with Crippen molar-refractivity contribution in [2.45, 2.75) is 19.9 Å². The summed E-state index contributed by atoms with van der Waals surface area (Å²) in [4.78, 5) is 20.7. The van der Waals surface area contributed by atoms with E-state index in [1.54, 1.807) is 17.5 Å². The summed E-state index contributed by atoms with van der Waals surface area (Å²) >= 11 is 1.55. The fourth-order valence-electron chi connectivity index (χ4n) is 2.16. The van der Waals surface area contributed by atoms with Crippen LogP contribution in [0.15, 0.2) is 42.7 Å². The number of aromatic nitrogens is 2. The van der Waals surface area contributed by atoms with Crippen LogP contribution >= 0.6 is 11.3 Å². The Morgan fingerprint density at radius 1 is 1.30 bits per heavy atom. The molecule has 3 rings (SSSR count). The highest BCUT2D eigenvalue weighted by Gasteiger charge is 2.09. The smallest absolute Gasteiger partial charge is 0.251 e. The van der Waals surface area contributed by atoms with Crippen LogP contribution < -0.4 is 10.6 Å². The minimum Gasteiger partial charge on any atom is -0.357 e. The number of nitrogens with zero attached hydrogens (tertiary/aromatic N) is 2. The van der Waals surface area contributed by atoms with Crippen LogP contribution in [0.1, 0.15) is 29.3 Å². The number of hydrogen-bond acceptors (Lipinski definition) is 5. The molecule has 23 heavy (non-hydrogen) atoms. The van der Waals surface area contributed by atoms with Crippen LogP contribution in [0.2, 0.25) is 0 Å². The van der Waals surface area contributed by atoms with Crippen molar-refractivity contribution in [3.8, 4) is 0 Å². The van der Waals surface area contributed by atoms with Gasteiger partial charge in [0.1, 0.15) is 0 Å². The topological polar surface area (TPSA) is 66.9 Å². The van der Waals surface area contributed by atoms with E-state index in [0.29, 0.717) is 18.7 Å². The van der Waals surface area contributed by atoms with Crippen LogP contribution in [0.4, 0.5) is 5.13 Å². The molecule has 0 unspecified atom stereocenters. The molecule has 0 atom stereocenters. The maximum absolute atomic E-state index is 12.0. The molecular formula is C17H18N4OS. The maximum atomic E-state index is 12.0. The lowest BCUT2D eigenvalue weighted by Crippen LogP contribution is -2.23. The molecule has 0 spiro atoms. The summed E-state index contributed by atoms with van der Waals surface area (Å²) in [7, 11) is 0. The molecule has 0 saturated carbocycles. The molecule has 2 N–H and O–H groups in total. The van der Waals surface area contributed by atoms with Gasteiger partial charge in [-0.2, -0.15) is 0 Å². The average Bonchev–Trinajstić information content (AvgIpc) is 3.00. The van der Waals surface area contributed by atoms with Gasteiger partial charge in [-0.05, 0) is 36.2 Å². The van der Waals surface area contributed by atoms with Gasteiger partial charge in [0.05, 0.1) is 10.2 Å². The van der Waals surface area contributed by atoms with Crippen LogP contribution in [-0.4, -0.2) is 22.4 Å². The maximum Gasteiger partial charge on any atom is 0.251 e. The molecule has 6 heteroatoms. The first kappa shape index (κ1) is 15.4. The number of pyridine rings is 1. The molecule has 0 aliphatic heterocycles. The van der Waals surface area contributed by atoms with Crippen LogP contribution in [0.5, 0.6) is 0 Å². The molecular weight excluding hydrogens is 308 g/mol. The quantitative estimate of drug-likeness (QED) is 0.728. The second kappa shape index (κ2) is 7.19. The van der Waals surface area contributed by atoms with Crippen LogP contribution in [0.25, 0.3) is 10.2 Å². The third-order valence-corrected chi connectivity index (χ3v) is 4.33. The molecule has 0 fully saturated rings. The number of carbonyl (C=O) groups is 1. The molecule has 1 amide bonds. The van der Waals surface area contributed by atoms with Gasteiger partial charge >= 0.3 is 0 Å². The number of fused-ring (bicyclic) bond motifs is 1. The second-order valence-corrected chi connectivity index (χ2v) is 6.20. The van der Waals surface area contributed by atoms with Gasteiger partial charge < -0.3 is 10.6 Å². The van der Waals surface area contributed by atoms with Crippen LogP contribution in [0.3, 0.4) is 0 Å². The SMILES string of the molecule is CCCNC(=O)c1ccc2nc(NCc3cccnc3)sc2c1. The number of rotatable bonds is 6. The zero-order valence-corrected chi connectivity index (χ0v) is 13.7. The summed E-state index contributed by atoms with van der Waals surface area (Å²) in [6, 6.07) is 9.53. The summed E-state index contributed by atoms with van der Waals surface area (Å²) in [5, 5.41) is 7.03. The molecule has 3 aromatic rings. The second-order valence-electron chi connectivity index (χ2n) is 5.17. The van der Waals surface area contributed by atoms with Gasteiger partial charge in [0, 0.05) is 31.0 Å². The monoisotopic (exact) mass is 326 g/mol. The lowest BCUT2D eigenvalue weighted by molar-refractivity contribution is 0.0954. The summed E-state index contributed by atoms with van der Waals surface area (Å²) in [6.07, 6.45) is 4.51. The Balaban J connectivity index is 1.72. The van der Waals surface area contributed by atoms with E-state index in [1.807, 2.05) is 43.5 Å². The Morgan fingerprint density at radius 3 is 3.00 bits per heavy atom. The summed E-state index contributed by atoms with van der Waals surface area (Å²) in [6.45, 7) is 3.40. The third-order valence-electron chi connectivity index (χ3n) is 3.35. The summed E-state index contributed by atoms with van der Waals surface area (Å²) < 4.78 is 1.00. The van der Waals surface area contributed by atoms with Crippen LogP contribution in [-0.2, 0) is 6.54 Å². The van der Waals surface area contributed by atoms with Gasteiger partial charge in [0.15, 0.2) is 5.13 Å². The molecule has 0 bridgehead atoms. The van der Waals surface area contributed by atoms with E-state index in [2.05, 4.69) is 20.6 Å². The molecule has 0 aliphatic carbocycles. The Hall–Kier alpha value is -2.47. The number of benzene rings is 1. The predicted molar refractivity (Wildman–Crippen MR) is 93.8 cm³/mol. The van der Waals surface area contributed by atoms with E-state index in [-0.39, 0.29) is 5.91 Å². The van der Waals surface area contributed by atoms with Crippen molar-refractivity contribution in [1.82, 2.24) is 15.3 Å². The Kier molecular flexibility index (Phi) is 4.83. The van der Waals surface area contributed by atoms with E-state index >= 15 is 0 Å². The summed E-state index contributed by atoms with van der Waals surface area (Å²) in [5.41, 5.74) is 2.68. The number of thiazole rings is 1. The standard InChI is InChI=1S/C17H18N4OS/c1-2-7-19-16(22)13-5-6-14-15(9-13)23-17(21-14)20-11-12-4-3-8-18-10-12/h3-6,8-10H,2,7,11H2,1H3,(H,19,22)(H,20,21). The van der Waals surface area contributed by atoms with Crippen LogP contribution in [0, 0.1) is 0 Å². The Labute approximate surface area is 138 Å². The molecule has 0 saturated heterocycles. The molecule has 118 valence electrons. The number of amides is 1. The molecule has 0 aliphatic rings. The van der Waals surface area contributed by atoms with Gasteiger partial charge in [-0.3, -0.25) is 9.78 Å². The van der Waals surface area contributed by atoms with Crippen molar-refractivity contribution in [1.29, 1.82) is 0 Å². The fourth-order valence-corrected chi connectivity index (χ4v) is 3.06. The zero-order chi connectivity index (χ0) is 16.1. The Bertz CT molecular complexity index is 801. The van der Waals surface area contributed by atoms with Crippen molar-refractivity contribution in [3.05, 3.63) is 53.9 Å². The molecule has 5 nitrogen and oxygen atoms in total. The van der Waals surface area contributed by atoms with Crippen molar-refractivity contribution in [2.75, 3.05) is 11.9 Å². The number of nitrogens with one attached hydrogen (secondary N) is 2. The zero-order valence-electron chi connectivity index (χ0n) is 12.9. The molecule has 2 aromatic heterocycles. The van der Waals surface area contributed by atoms with Gasteiger partial charge in [0.2, 0.25) is 0 Å². The number of hydrogen-bond donors (Lipinski definition) is 2. The van der Waals surface area contributed by atoms with Gasteiger partial charge in [-0.1, -0.05) is 24.3 Å². The first-order chi connectivity index (χ1) is 11.3. The number of anilines is 1. The van der Waals surface area contributed by atoms with E-state index < -0.39 is 0 Å². The number of carbonyl (C=O) groups excluding carboxylic acids is 1. The highest BCUT2D eigenvalue weighted by Crippen LogP contribution is 2.27. The third kappa shape index (κ3) is 3.84. The molecule has 1 aromatic carbocycles. The highest BCUT2D eigenvalue weighted by atomic mass is 32.1. The fraction of sp³-hybridized carbons (Fsp3) is 0.235. The molecule has 2 heterocycles. The highest BCUT2D eigenvalue weighted by molar-refractivity contribution is 7.22. The lowest BCUT2D eigenvalue weighted by Gasteiger charge is -2.02. The first-order valence-corrected chi connectivity index (χ1v) is 8.39. The van der Waals surface area contributed by atoms with Gasteiger partial charge in [-0.25, -0.2) is 4.98 Å². The minimum atomic E-state index is -0.0352. The Morgan fingerprint density at radius 2 is 2.22 bits per heavy atom. The first-order valence-electron chi connectivity index (χ1n) is 7.58. The van der Waals surface area contributed by atoms with Crippen molar-refractivity contribution >= 4 is 32.6 Å². The predicted octanol–water partition coefficient (Wildman–Crippen LogP) is 3.44. The summed E-state index contributed by atoms with van der Waals surface area (Å²) in [5.74, 6) is -0.0352. The van der Waals surface area contributed by atoms with E-state index in [9.17, 15) is 4.79 Å². The minimum absolute atomic E-state index is 0.0352.